The standard InChI is InChI=1S/C16H20BrNO2/c1-9-10(2)20-11(3)16(9)14(18)8-12-5-6-15(19-4)13(17)7-12/h5-7,14H,8,18H2,1-4H3. The van der Waals surface area contributed by atoms with E-state index in [0.29, 0.717) is 0 Å². The third kappa shape index (κ3) is 2.91. The van der Waals surface area contributed by atoms with Gasteiger partial charge in [0.15, 0.2) is 0 Å². The molecule has 0 radical (unpaired) electrons. The number of ether oxygens (including phenoxy) is 1. The zero-order chi connectivity index (χ0) is 14.9. The van der Waals surface area contributed by atoms with Gasteiger partial charge in [-0.3, -0.25) is 0 Å². The molecule has 0 fully saturated rings. The maximum absolute atomic E-state index is 6.36. The lowest BCUT2D eigenvalue weighted by Crippen LogP contribution is -2.15. The minimum Gasteiger partial charge on any atom is -0.496 e. The Hall–Kier alpha value is -1.26. The predicted molar refractivity (Wildman–Crippen MR) is 84.2 cm³/mol. The summed E-state index contributed by atoms with van der Waals surface area (Å²) in [6, 6.07) is 5.98. The van der Waals surface area contributed by atoms with Crippen LogP contribution in [0.4, 0.5) is 0 Å². The monoisotopic (exact) mass is 337 g/mol. The van der Waals surface area contributed by atoms with Gasteiger partial charge < -0.3 is 14.9 Å². The van der Waals surface area contributed by atoms with Crippen molar-refractivity contribution in [1.82, 2.24) is 0 Å². The summed E-state index contributed by atoms with van der Waals surface area (Å²) >= 11 is 3.50. The lowest BCUT2D eigenvalue weighted by molar-refractivity contribution is 0.412. The highest BCUT2D eigenvalue weighted by atomic mass is 79.9. The van der Waals surface area contributed by atoms with E-state index < -0.39 is 0 Å². The third-order valence-corrected chi connectivity index (χ3v) is 4.28. The molecule has 1 unspecified atom stereocenters. The van der Waals surface area contributed by atoms with Gasteiger partial charge >= 0.3 is 0 Å². The summed E-state index contributed by atoms with van der Waals surface area (Å²) in [6.45, 7) is 6.01. The van der Waals surface area contributed by atoms with Crippen molar-refractivity contribution < 1.29 is 9.15 Å². The molecule has 2 rings (SSSR count). The smallest absolute Gasteiger partial charge is 0.133 e. The number of hydrogen-bond donors (Lipinski definition) is 1. The molecular formula is C16H20BrNO2. The quantitative estimate of drug-likeness (QED) is 0.908. The van der Waals surface area contributed by atoms with E-state index in [1.54, 1.807) is 7.11 Å². The van der Waals surface area contributed by atoms with Gasteiger partial charge in [0.1, 0.15) is 17.3 Å². The van der Waals surface area contributed by atoms with E-state index in [0.717, 1.165) is 39.3 Å². The van der Waals surface area contributed by atoms with Crippen LogP contribution in [0.3, 0.4) is 0 Å². The fourth-order valence-electron chi connectivity index (χ4n) is 2.55. The predicted octanol–water partition coefficient (Wildman–Crippen LogP) is 4.22. The summed E-state index contributed by atoms with van der Waals surface area (Å²) in [5.41, 5.74) is 9.80. The average Bonchev–Trinajstić information content (AvgIpc) is 2.63. The van der Waals surface area contributed by atoms with E-state index in [9.17, 15) is 0 Å². The van der Waals surface area contributed by atoms with Crippen molar-refractivity contribution in [1.29, 1.82) is 0 Å². The molecule has 2 N–H and O–H groups in total. The normalized spacial score (nSPS) is 12.5. The minimum atomic E-state index is -0.0623. The van der Waals surface area contributed by atoms with Crippen LogP contribution < -0.4 is 10.5 Å². The van der Waals surface area contributed by atoms with Gasteiger partial charge in [0.25, 0.3) is 0 Å². The van der Waals surface area contributed by atoms with Gasteiger partial charge in [-0.1, -0.05) is 6.07 Å². The second-order valence-electron chi connectivity index (χ2n) is 5.03. The third-order valence-electron chi connectivity index (χ3n) is 3.66. The molecule has 108 valence electrons. The van der Waals surface area contributed by atoms with Crippen LogP contribution in [0.5, 0.6) is 5.75 Å². The first-order valence-electron chi connectivity index (χ1n) is 6.58. The zero-order valence-corrected chi connectivity index (χ0v) is 13.9. The lowest BCUT2D eigenvalue weighted by Gasteiger charge is -2.13. The molecule has 3 nitrogen and oxygen atoms in total. The van der Waals surface area contributed by atoms with Gasteiger partial charge in [-0.05, 0) is 66.4 Å². The van der Waals surface area contributed by atoms with Crippen LogP contribution in [0.2, 0.25) is 0 Å². The number of methoxy groups -OCH3 is 1. The molecule has 0 bridgehead atoms. The SMILES string of the molecule is COc1ccc(CC(N)c2c(C)oc(C)c2C)cc1Br. The van der Waals surface area contributed by atoms with Crippen LogP contribution in [0, 0.1) is 20.8 Å². The highest BCUT2D eigenvalue weighted by molar-refractivity contribution is 9.10. The van der Waals surface area contributed by atoms with E-state index in [-0.39, 0.29) is 6.04 Å². The van der Waals surface area contributed by atoms with Crippen molar-refractivity contribution in [2.75, 3.05) is 7.11 Å². The zero-order valence-electron chi connectivity index (χ0n) is 12.3. The Kier molecular flexibility index (Phi) is 4.55. The largest absolute Gasteiger partial charge is 0.496 e. The topological polar surface area (TPSA) is 48.4 Å². The Morgan fingerprint density at radius 1 is 1.25 bits per heavy atom. The number of rotatable bonds is 4. The molecule has 0 amide bonds. The van der Waals surface area contributed by atoms with Gasteiger partial charge in [0.05, 0.1) is 11.6 Å². The van der Waals surface area contributed by atoms with Crippen molar-refractivity contribution in [2.24, 2.45) is 5.73 Å². The van der Waals surface area contributed by atoms with Gasteiger partial charge in [-0.15, -0.1) is 0 Å². The molecule has 0 spiro atoms. The van der Waals surface area contributed by atoms with Crippen molar-refractivity contribution in [2.45, 2.75) is 33.2 Å². The molecule has 0 saturated carbocycles. The molecule has 1 aromatic heterocycles. The molecule has 0 aliphatic heterocycles. The van der Waals surface area contributed by atoms with Gasteiger partial charge in [0.2, 0.25) is 0 Å². The van der Waals surface area contributed by atoms with Gasteiger partial charge in [0, 0.05) is 11.6 Å². The average molecular weight is 338 g/mol. The Labute approximate surface area is 128 Å². The summed E-state index contributed by atoms with van der Waals surface area (Å²) in [7, 11) is 1.66. The maximum Gasteiger partial charge on any atom is 0.133 e. The fourth-order valence-corrected chi connectivity index (χ4v) is 3.13. The Balaban J connectivity index is 2.23. The van der Waals surface area contributed by atoms with Gasteiger partial charge in [-0.2, -0.15) is 0 Å². The maximum atomic E-state index is 6.36. The summed E-state index contributed by atoms with van der Waals surface area (Å²) < 4.78 is 11.8. The highest BCUT2D eigenvalue weighted by Gasteiger charge is 2.18. The van der Waals surface area contributed by atoms with E-state index in [2.05, 4.69) is 28.9 Å². The minimum absolute atomic E-state index is 0.0623. The molecule has 4 heteroatoms. The first-order valence-corrected chi connectivity index (χ1v) is 7.37. The number of furan rings is 1. The second-order valence-corrected chi connectivity index (χ2v) is 5.89. The van der Waals surface area contributed by atoms with E-state index in [4.69, 9.17) is 14.9 Å². The summed E-state index contributed by atoms with van der Waals surface area (Å²) in [5.74, 6) is 2.69. The molecular weight excluding hydrogens is 318 g/mol. The number of nitrogens with two attached hydrogens (primary N) is 1. The lowest BCUT2D eigenvalue weighted by atomic mass is 9.96. The number of benzene rings is 1. The van der Waals surface area contributed by atoms with Crippen LogP contribution >= 0.6 is 15.9 Å². The number of aryl methyl sites for hydroxylation is 2. The summed E-state index contributed by atoms with van der Waals surface area (Å²) in [5, 5.41) is 0. The van der Waals surface area contributed by atoms with Crippen LogP contribution in [0.15, 0.2) is 27.1 Å². The molecule has 1 aromatic carbocycles. The first-order chi connectivity index (χ1) is 9.43. The van der Waals surface area contributed by atoms with E-state index in [1.807, 2.05) is 26.0 Å². The van der Waals surface area contributed by atoms with Crippen molar-refractivity contribution >= 4 is 15.9 Å². The first kappa shape index (κ1) is 15.1. The fraction of sp³-hybridized carbons (Fsp3) is 0.375. The molecule has 0 saturated heterocycles. The van der Waals surface area contributed by atoms with Crippen molar-refractivity contribution in [3.8, 4) is 5.75 Å². The van der Waals surface area contributed by atoms with Crippen LogP contribution in [0.25, 0.3) is 0 Å². The highest BCUT2D eigenvalue weighted by Crippen LogP contribution is 2.30. The summed E-state index contributed by atoms with van der Waals surface area (Å²) in [4.78, 5) is 0. The molecule has 1 heterocycles. The van der Waals surface area contributed by atoms with E-state index in [1.165, 1.54) is 5.56 Å². The van der Waals surface area contributed by atoms with Crippen molar-refractivity contribution in [3.63, 3.8) is 0 Å². The molecule has 0 aliphatic rings. The molecule has 2 aromatic rings. The van der Waals surface area contributed by atoms with Crippen LogP contribution in [-0.4, -0.2) is 7.11 Å². The van der Waals surface area contributed by atoms with Crippen molar-refractivity contribution in [3.05, 3.63) is 50.9 Å². The van der Waals surface area contributed by atoms with Crippen LogP contribution in [0.1, 0.15) is 34.3 Å². The Morgan fingerprint density at radius 2 is 1.95 bits per heavy atom. The Bertz CT molecular complexity index is 619. The van der Waals surface area contributed by atoms with E-state index >= 15 is 0 Å². The molecule has 0 aliphatic carbocycles. The molecule has 20 heavy (non-hydrogen) atoms. The van der Waals surface area contributed by atoms with Gasteiger partial charge in [-0.25, -0.2) is 0 Å². The molecule has 1 atom stereocenters. The van der Waals surface area contributed by atoms with Crippen LogP contribution in [-0.2, 0) is 6.42 Å². The number of halogens is 1. The Morgan fingerprint density at radius 3 is 2.45 bits per heavy atom. The summed E-state index contributed by atoms with van der Waals surface area (Å²) in [6.07, 6.45) is 0.767. The number of hydrogen-bond acceptors (Lipinski definition) is 3. The second kappa shape index (κ2) is 6.02.